The highest BCUT2D eigenvalue weighted by Gasteiger charge is 2.06. The number of nitrogens with one attached hydrogen (secondary N) is 2. The fourth-order valence-electron chi connectivity index (χ4n) is 2.16. The van der Waals surface area contributed by atoms with Gasteiger partial charge in [0.25, 0.3) is 5.91 Å². The van der Waals surface area contributed by atoms with Gasteiger partial charge in [0.1, 0.15) is 0 Å². The summed E-state index contributed by atoms with van der Waals surface area (Å²) >= 11 is 0. The highest BCUT2D eigenvalue weighted by molar-refractivity contribution is 14.0. The van der Waals surface area contributed by atoms with Gasteiger partial charge in [-0.2, -0.15) is 0 Å². The number of benzene rings is 1. The van der Waals surface area contributed by atoms with Gasteiger partial charge in [-0.25, -0.2) is 4.99 Å². The minimum Gasteiger partial charge on any atom is -0.357 e. The Kier molecular flexibility index (Phi) is 12.3. The van der Waals surface area contributed by atoms with Crippen LogP contribution in [-0.2, 0) is 6.54 Å². The van der Waals surface area contributed by atoms with E-state index in [2.05, 4.69) is 41.4 Å². The lowest BCUT2D eigenvalue weighted by Gasteiger charge is -2.21. The molecule has 1 amide bonds. The van der Waals surface area contributed by atoms with E-state index in [0.29, 0.717) is 18.7 Å². The van der Waals surface area contributed by atoms with E-state index in [-0.39, 0.29) is 29.9 Å². The molecule has 0 aliphatic carbocycles. The van der Waals surface area contributed by atoms with Gasteiger partial charge in [-0.05, 0) is 38.0 Å². The molecular weight excluding hydrogens is 415 g/mol. The van der Waals surface area contributed by atoms with Crippen LogP contribution in [0.2, 0.25) is 0 Å². The Bertz CT molecular complexity index is 502. The molecule has 1 rings (SSSR count). The lowest BCUT2D eigenvalue weighted by molar-refractivity contribution is 0.0956. The second kappa shape index (κ2) is 13.0. The molecule has 0 saturated heterocycles. The Morgan fingerprint density at radius 3 is 2.25 bits per heavy atom. The standard InChI is InChI=1S/C18H30N4O.HI/c1-5-8-13-22(4)18(20-7-3)21-14-15-9-11-16(12-10-15)17(23)19-6-2;/h9-12H,5-8,13-14H2,1-4H3,(H,19,23)(H,20,21);1H. The summed E-state index contributed by atoms with van der Waals surface area (Å²) in [7, 11) is 2.06. The summed E-state index contributed by atoms with van der Waals surface area (Å²) < 4.78 is 0. The highest BCUT2D eigenvalue weighted by Crippen LogP contribution is 2.06. The third kappa shape index (κ3) is 7.99. The van der Waals surface area contributed by atoms with Crippen molar-refractivity contribution >= 4 is 35.8 Å². The normalized spacial score (nSPS) is 10.8. The number of halogens is 1. The van der Waals surface area contributed by atoms with Crippen molar-refractivity contribution in [3.63, 3.8) is 0 Å². The summed E-state index contributed by atoms with van der Waals surface area (Å²) in [5, 5.41) is 6.12. The molecule has 24 heavy (non-hydrogen) atoms. The maximum Gasteiger partial charge on any atom is 0.251 e. The van der Waals surface area contributed by atoms with Gasteiger partial charge in [-0.1, -0.05) is 25.5 Å². The molecule has 2 N–H and O–H groups in total. The molecule has 0 aliphatic heterocycles. The van der Waals surface area contributed by atoms with E-state index in [1.54, 1.807) is 0 Å². The van der Waals surface area contributed by atoms with Crippen molar-refractivity contribution in [3.05, 3.63) is 35.4 Å². The Labute approximate surface area is 163 Å². The zero-order chi connectivity index (χ0) is 17.1. The highest BCUT2D eigenvalue weighted by atomic mass is 127. The number of guanidine groups is 1. The summed E-state index contributed by atoms with van der Waals surface area (Å²) in [6.07, 6.45) is 2.33. The first-order valence-corrected chi connectivity index (χ1v) is 8.48. The summed E-state index contributed by atoms with van der Waals surface area (Å²) in [6, 6.07) is 7.63. The van der Waals surface area contributed by atoms with Crippen LogP contribution in [0.25, 0.3) is 0 Å². The second-order valence-electron chi connectivity index (χ2n) is 5.50. The molecule has 0 saturated carbocycles. The largest absolute Gasteiger partial charge is 0.357 e. The second-order valence-corrected chi connectivity index (χ2v) is 5.50. The Balaban J connectivity index is 0.00000529. The molecule has 136 valence electrons. The maximum absolute atomic E-state index is 11.7. The summed E-state index contributed by atoms with van der Waals surface area (Å²) in [6.45, 7) is 9.27. The number of aliphatic imine (C=N–C) groups is 1. The molecule has 0 bridgehead atoms. The average molecular weight is 446 g/mol. The Morgan fingerprint density at radius 2 is 1.71 bits per heavy atom. The molecule has 0 aromatic heterocycles. The number of amides is 1. The van der Waals surface area contributed by atoms with Crippen LogP contribution in [0.5, 0.6) is 0 Å². The van der Waals surface area contributed by atoms with Gasteiger partial charge in [0.15, 0.2) is 5.96 Å². The quantitative estimate of drug-likeness (QED) is 0.366. The van der Waals surface area contributed by atoms with Crippen LogP contribution >= 0.6 is 24.0 Å². The van der Waals surface area contributed by atoms with Crippen LogP contribution in [0.1, 0.15) is 49.5 Å². The van der Waals surface area contributed by atoms with Gasteiger partial charge >= 0.3 is 0 Å². The van der Waals surface area contributed by atoms with E-state index in [0.717, 1.165) is 31.0 Å². The number of carbonyl (C=O) groups excluding carboxylic acids is 1. The van der Waals surface area contributed by atoms with Crippen molar-refractivity contribution in [2.75, 3.05) is 26.7 Å². The predicted octanol–water partition coefficient (Wildman–Crippen LogP) is 3.25. The van der Waals surface area contributed by atoms with Crippen molar-refractivity contribution in [1.82, 2.24) is 15.5 Å². The average Bonchev–Trinajstić information content (AvgIpc) is 2.57. The van der Waals surface area contributed by atoms with Crippen LogP contribution in [0.4, 0.5) is 0 Å². The van der Waals surface area contributed by atoms with E-state index in [4.69, 9.17) is 0 Å². The van der Waals surface area contributed by atoms with Gasteiger partial charge < -0.3 is 15.5 Å². The van der Waals surface area contributed by atoms with Crippen molar-refractivity contribution in [2.45, 2.75) is 40.2 Å². The molecule has 0 radical (unpaired) electrons. The predicted molar refractivity (Wildman–Crippen MR) is 112 cm³/mol. The fraction of sp³-hybridized carbons (Fsp3) is 0.556. The SMILES string of the molecule is CCCCN(C)C(=NCc1ccc(C(=O)NCC)cc1)NCC.I. The minimum atomic E-state index is -0.0322. The van der Waals surface area contributed by atoms with Crippen LogP contribution in [0.3, 0.4) is 0 Å². The lowest BCUT2D eigenvalue weighted by Crippen LogP contribution is -2.39. The Hall–Kier alpha value is -1.31. The number of hydrogen-bond acceptors (Lipinski definition) is 2. The molecule has 0 fully saturated rings. The van der Waals surface area contributed by atoms with Crippen molar-refractivity contribution in [3.8, 4) is 0 Å². The number of nitrogens with zero attached hydrogens (tertiary/aromatic N) is 2. The molecule has 0 unspecified atom stereocenters. The molecule has 0 aliphatic rings. The van der Waals surface area contributed by atoms with Gasteiger partial charge in [-0.15, -0.1) is 24.0 Å². The van der Waals surface area contributed by atoms with Crippen LogP contribution in [-0.4, -0.2) is 43.4 Å². The smallest absolute Gasteiger partial charge is 0.251 e. The van der Waals surface area contributed by atoms with E-state index in [9.17, 15) is 4.79 Å². The monoisotopic (exact) mass is 446 g/mol. The molecule has 0 spiro atoms. The maximum atomic E-state index is 11.7. The van der Waals surface area contributed by atoms with Crippen molar-refractivity contribution < 1.29 is 4.79 Å². The van der Waals surface area contributed by atoms with E-state index in [1.807, 2.05) is 31.2 Å². The number of carbonyl (C=O) groups is 1. The number of hydrogen-bond donors (Lipinski definition) is 2. The van der Waals surface area contributed by atoms with E-state index in [1.165, 1.54) is 6.42 Å². The number of unbranched alkanes of at least 4 members (excludes halogenated alkanes) is 1. The van der Waals surface area contributed by atoms with Gasteiger partial charge in [-0.3, -0.25) is 4.79 Å². The molecule has 0 atom stereocenters. The first-order valence-electron chi connectivity index (χ1n) is 8.48. The minimum absolute atomic E-state index is 0. The summed E-state index contributed by atoms with van der Waals surface area (Å²) in [4.78, 5) is 18.6. The number of rotatable bonds is 8. The third-order valence-corrected chi connectivity index (χ3v) is 3.51. The topological polar surface area (TPSA) is 56.7 Å². The molecule has 6 heteroatoms. The van der Waals surface area contributed by atoms with Gasteiger partial charge in [0, 0.05) is 32.2 Å². The fourth-order valence-corrected chi connectivity index (χ4v) is 2.16. The van der Waals surface area contributed by atoms with Gasteiger partial charge in [0.2, 0.25) is 0 Å². The van der Waals surface area contributed by atoms with Crippen LogP contribution < -0.4 is 10.6 Å². The zero-order valence-electron chi connectivity index (χ0n) is 15.3. The molecule has 1 aromatic carbocycles. The first-order chi connectivity index (χ1) is 11.1. The van der Waals surface area contributed by atoms with E-state index >= 15 is 0 Å². The molecular formula is C18H31IN4O. The van der Waals surface area contributed by atoms with Crippen molar-refractivity contribution in [1.29, 1.82) is 0 Å². The molecule has 5 nitrogen and oxygen atoms in total. The molecule has 0 heterocycles. The van der Waals surface area contributed by atoms with Crippen molar-refractivity contribution in [2.24, 2.45) is 4.99 Å². The lowest BCUT2D eigenvalue weighted by atomic mass is 10.1. The van der Waals surface area contributed by atoms with Crippen LogP contribution in [0, 0.1) is 0 Å². The summed E-state index contributed by atoms with van der Waals surface area (Å²) in [5.41, 5.74) is 1.78. The Morgan fingerprint density at radius 1 is 1.08 bits per heavy atom. The molecule has 1 aromatic rings. The third-order valence-electron chi connectivity index (χ3n) is 3.51. The van der Waals surface area contributed by atoms with Crippen LogP contribution in [0.15, 0.2) is 29.3 Å². The zero-order valence-corrected chi connectivity index (χ0v) is 17.6. The van der Waals surface area contributed by atoms with E-state index < -0.39 is 0 Å². The summed E-state index contributed by atoms with van der Waals surface area (Å²) in [5.74, 6) is 0.893. The van der Waals surface area contributed by atoms with Gasteiger partial charge in [0.05, 0.1) is 6.54 Å². The first kappa shape index (κ1) is 22.7.